The quantitative estimate of drug-likeness (QED) is 0.216. The molecule has 3 aliphatic carbocycles. The monoisotopic (exact) mass is 1020 g/mol. The Morgan fingerprint density at radius 1 is 0.375 bits per heavy atom. The van der Waals surface area contributed by atoms with Gasteiger partial charge in [0, 0.05) is 93.0 Å². The smallest absolute Gasteiger partial charge is 0.346 e. The Balaban J connectivity index is 0.000000167. The van der Waals surface area contributed by atoms with Crippen LogP contribution in [0.3, 0.4) is 0 Å². The molecule has 1 unspecified atom stereocenters. The Morgan fingerprint density at radius 2 is 0.681 bits per heavy atom. The Hall–Kier alpha value is -0.490. The average Bonchev–Trinajstić information content (AvgIpc) is 4.04. The molecule has 4 spiro atoms. The lowest BCUT2D eigenvalue weighted by Gasteiger charge is -2.38. The summed E-state index contributed by atoms with van der Waals surface area (Å²) in [7, 11) is 0. The Labute approximate surface area is 443 Å². The number of nitrogens with zero attached hydrogens (tertiary/aromatic N) is 5. The van der Waals surface area contributed by atoms with Crippen molar-refractivity contribution in [3.8, 4) is 0 Å². The summed E-state index contributed by atoms with van der Waals surface area (Å²) in [6.07, 6.45) is 15.1. The Bertz CT molecular complexity index is 1450. The van der Waals surface area contributed by atoms with Gasteiger partial charge in [-0.1, -0.05) is 88.5 Å². The lowest BCUT2D eigenvalue weighted by Crippen LogP contribution is -2.40. The van der Waals surface area contributed by atoms with Crippen LogP contribution in [0.1, 0.15) is 228 Å². The number of halogens is 3. The van der Waals surface area contributed by atoms with Crippen molar-refractivity contribution in [2.24, 2.45) is 51.8 Å². The van der Waals surface area contributed by atoms with Crippen LogP contribution >= 0.6 is 0 Å². The number of hydrogen-bond acceptors (Lipinski definition) is 7. The molecule has 0 aromatic rings. The van der Waals surface area contributed by atoms with Crippen LogP contribution < -0.4 is 0 Å². The van der Waals surface area contributed by atoms with Gasteiger partial charge in [0.15, 0.2) is 5.79 Å². The molecule has 9 fully saturated rings. The van der Waals surface area contributed by atoms with E-state index in [0.717, 1.165) is 96.4 Å². The molecule has 6 aliphatic heterocycles. The summed E-state index contributed by atoms with van der Waals surface area (Å²) < 4.78 is 49.4. The summed E-state index contributed by atoms with van der Waals surface area (Å²) in [5.41, 5.74) is 2.25. The van der Waals surface area contributed by atoms with Crippen LogP contribution in [0.15, 0.2) is 0 Å². The summed E-state index contributed by atoms with van der Waals surface area (Å²) in [5.74, 6) is 2.04. The van der Waals surface area contributed by atoms with Crippen molar-refractivity contribution in [2.45, 2.75) is 301 Å². The van der Waals surface area contributed by atoms with Gasteiger partial charge in [0.2, 0.25) is 0 Å². The molecule has 424 valence electrons. The molecule has 6 heterocycles. The first-order valence-electron chi connectivity index (χ1n) is 30.5. The zero-order chi connectivity index (χ0) is 53.9. The number of ether oxygens (including phenoxy) is 2. The van der Waals surface area contributed by atoms with Gasteiger partial charge in [0.25, 0.3) is 0 Å². The zero-order valence-corrected chi connectivity index (χ0v) is 50.8. The second kappa shape index (κ2) is 25.5. The highest BCUT2D eigenvalue weighted by Gasteiger charge is 2.54. The molecule has 0 bridgehead atoms. The maximum atomic E-state index is 12.6. The van der Waals surface area contributed by atoms with Gasteiger partial charge in [-0.15, -0.1) is 0 Å². The molecule has 0 radical (unpaired) electrons. The molecule has 72 heavy (non-hydrogen) atoms. The highest BCUT2D eigenvalue weighted by molar-refractivity contribution is 5.06. The van der Waals surface area contributed by atoms with Crippen molar-refractivity contribution in [2.75, 3.05) is 45.9 Å². The van der Waals surface area contributed by atoms with Gasteiger partial charge in [-0.2, -0.15) is 13.2 Å². The van der Waals surface area contributed by atoms with Gasteiger partial charge < -0.3 is 9.47 Å². The molecular formula is C62H118F3N5O2. The van der Waals surface area contributed by atoms with E-state index in [-0.39, 0.29) is 30.8 Å². The van der Waals surface area contributed by atoms with Crippen LogP contribution in [0.25, 0.3) is 0 Å². The van der Waals surface area contributed by atoms with E-state index in [4.69, 9.17) is 9.47 Å². The van der Waals surface area contributed by atoms with Crippen LogP contribution in [0, 0.1) is 51.8 Å². The zero-order valence-electron chi connectivity index (χ0n) is 50.8. The largest absolute Gasteiger partial charge is 0.393 e. The number of rotatable bonds is 10. The van der Waals surface area contributed by atoms with Crippen LogP contribution in [-0.2, 0) is 9.47 Å². The molecule has 6 atom stereocenters. The molecule has 6 saturated heterocycles. The fourth-order valence-electron chi connectivity index (χ4n) is 15.2. The first-order chi connectivity index (χ1) is 33.4. The maximum Gasteiger partial charge on any atom is 0.393 e. The minimum absolute atomic E-state index is 0.0802. The SMILES string of the molecule is CC(C)[C@@H]1CC(C(F)(F)F)CN1C(C)C.CC(C)[C@@H]1CC2(CC2)CN1C(C)C.CC(C)[C@@H]1CC2(CCC2)CN1C(C)C.CC(C)[C@@H]1CC2(CCCC2)CN1C(C)C.CC(C)[C@@H]1CC2(CN1C(C)C)OCCO2. The Morgan fingerprint density at radius 3 is 0.917 bits per heavy atom. The lowest BCUT2D eigenvalue weighted by atomic mass is 9.67. The topological polar surface area (TPSA) is 34.7 Å². The van der Waals surface area contributed by atoms with Gasteiger partial charge in [0.1, 0.15) is 0 Å². The number of hydrogen-bond donors (Lipinski definition) is 0. The van der Waals surface area contributed by atoms with Crippen molar-refractivity contribution in [1.29, 1.82) is 0 Å². The number of alkyl halides is 3. The predicted octanol–water partition coefficient (Wildman–Crippen LogP) is 15.1. The second-order valence-electron chi connectivity index (χ2n) is 28.9. The van der Waals surface area contributed by atoms with E-state index < -0.39 is 12.1 Å². The third-order valence-electron chi connectivity index (χ3n) is 20.0. The second-order valence-corrected chi connectivity index (χ2v) is 28.9. The summed E-state index contributed by atoms with van der Waals surface area (Å²) >= 11 is 0. The standard InChI is InChI=1S/C14H27N.C13H25N.C12H23NO2.C12H23N.C11H20F3N/c1-11(2)13-9-14(7-5-6-8-14)10-15(13)12(3)4;1-10(2)12-8-13(6-5-7-13)9-14(12)11(3)4;1-9(2)11-7-12(14-5-6-15-12)8-13(11)10(3)4;1-9(2)11-7-12(5-6-12)8-13(11)10(3)4;1-7(2)10-5-9(11(12,13)14)6-15(10)8(3)4/h11-13H,5-10H2,1-4H3;10-12H,5-9H2,1-4H3;9-11H,5-8H2,1-4H3;9-11H,5-8H2,1-4H3;7-10H,5-6H2,1-4H3/t13-;12-;2*11-;9?,10-/m00000/s1. The van der Waals surface area contributed by atoms with Crippen LogP contribution in [-0.4, -0.2) is 143 Å². The van der Waals surface area contributed by atoms with Crippen LogP contribution in [0.4, 0.5) is 13.2 Å². The highest BCUT2D eigenvalue weighted by atomic mass is 19.4. The summed E-state index contributed by atoms with van der Waals surface area (Å²) in [5, 5.41) is 0. The fraction of sp³-hybridized carbons (Fsp3) is 1.00. The van der Waals surface area contributed by atoms with Crippen LogP contribution in [0.5, 0.6) is 0 Å². The molecule has 0 amide bonds. The van der Waals surface area contributed by atoms with Crippen LogP contribution in [0.2, 0.25) is 0 Å². The van der Waals surface area contributed by atoms with Gasteiger partial charge in [-0.3, -0.25) is 24.5 Å². The van der Waals surface area contributed by atoms with Crippen molar-refractivity contribution in [1.82, 2.24) is 24.5 Å². The van der Waals surface area contributed by atoms with E-state index in [1.807, 2.05) is 32.6 Å². The lowest BCUT2D eigenvalue weighted by molar-refractivity contribution is -0.171. The molecule has 9 rings (SSSR count). The highest BCUT2D eigenvalue weighted by Crippen LogP contribution is 2.56. The average molecular weight is 1020 g/mol. The third kappa shape index (κ3) is 15.6. The van der Waals surface area contributed by atoms with Crippen molar-refractivity contribution >= 4 is 0 Å². The fourth-order valence-corrected chi connectivity index (χ4v) is 15.2. The van der Waals surface area contributed by atoms with E-state index in [1.165, 1.54) is 96.7 Å². The molecule has 0 aromatic heterocycles. The number of likely N-dealkylation sites (tertiary alicyclic amines) is 5. The van der Waals surface area contributed by atoms with Crippen molar-refractivity contribution in [3.05, 3.63) is 0 Å². The van der Waals surface area contributed by atoms with E-state index in [9.17, 15) is 13.2 Å². The van der Waals surface area contributed by atoms with E-state index in [0.29, 0.717) is 23.9 Å². The minimum Gasteiger partial charge on any atom is -0.346 e. The molecule has 10 heteroatoms. The predicted molar refractivity (Wildman–Crippen MR) is 298 cm³/mol. The first kappa shape index (κ1) is 62.4. The normalized spacial score (nSPS) is 31.1. The molecular weight excluding hydrogens is 904 g/mol. The molecule has 7 nitrogen and oxygen atoms in total. The minimum atomic E-state index is -4.03. The maximum absolute atomic E-state index is 12.6. The first-order valence-corrected chi connectivity index (χ1v) is 30.5. The summed E-state index contributed by atoms with van der Waals surface area (Å²) in [6, 6.07) is 6.24. The van der Waals surface area contributed by atoms with Gasteiger partial charge >= 0.3 is 6.18 Å². The summed E-state index contributed by atoms with van der Waals surface area (Å²) in [4.78, 5) is 12.8. The Kier molecular flexibility index (Phi) is 22.1. The van der Waals surface area contributed by atoms with E-state index >= 15 is 0 Å². The van der Waals surface area contributed by atoms with Gasteiger partial charge in [-0.25, -0.2) is 0 Å². The van der Waals surface area contributed by atoms with Gasteiger partial charge in [-0.05, 0) is 179 Å². The molecule has 0 N–H and O–H groups in total. The van der Waals surface area contributed by atoms with Gasteiger partial charge in [0.05, 0.1) is 25.7 Å². The van der Waals surface area contributed by atoms with Crippen molar-refractivity contribution < 1.29 is 22.6 Å². The molecule has 3 saturated carbocycles. The summed E-state index contributed by atoms with van der Waals surface area (Å²) in [6.45, 7) is 52.2. The van der Waals surface area contributed by atoms with E-state index in [1.54, 1.807) is 0 Å². The van der Waals surface area contributed by atoms with E-state index in [2.05, 4.69) is 130 Å². The third-order valence-corrected chi connectivity index (χ3v) is 20.0. The molecule has 9 aliphatic rings. The van der Waals surface area contributed by atoms with Crippen molar-refractivity contribution in [3.63, 3.8) is 0 Å². The molecule has 0 aromatic carbocycles.